The second kappa shape index (κ2) is 9.45. The highest BCUT2D eigenvalue weighted by Crippen LogP contribution is 2.22. The average molecular weight is 469 g/mol. The number of sulfonamides is 1. The molecule has 2 aromatic heterocycles. The minimum absolute atomic E-state index is 0.106. The van der Waals surface area contributed by atoms with Gasteiger partial charge >= 0.3 is 0 Å². The van der Waals surface area contributed by atoms with Crippen LogP contribution in [0.2, 0.25) is 0 Å². The van der Waals surface area contributed by atoms with Crippen LogP contribution in [0.1, 0.15) is 15.9 Å². The Morgan fingerprint density at radius 3 is 2.55 bits per heavy atom. The number of halogens is 1. The Hall–Kier alpha value is -3.67. The van der Waals surface area contributed by atoms with Gasteiger partial charge in [-0.2, -0.15) is 5.10 Å². The molecule has 9 nitrogen and oxygen atoms in total. The summed E-state index contributed by atoms with van der Waals surface area (Å²) in [6.45, 7) is -0.289. The first-order valence-electron chi connectivity index (χ1n) is 9.95. The summed E-state index contributed by atoms with van der Waals surface area (Å²) in [5, 5.41) is 16.4. The summed E-state index contributed by atoms with van der Waals surface area (Å²) in [5.41, 5.74) is 2.39. The van der Waals surface area contributed by atoms with Gasteiger partial charge in [0.25, 0.3) is 15.9 Å². The van der Waals surface area contributed by atoms with Gasteiger partial charge in [-0.15, -0.1) is 0 Å². The first-order chi connectivity index (χ1) is 15.9. The largest absolute Gasteiger partial charge is 0.395 e. The number of hydrogen-bond donors (Lipinski definition) is 3. The van der Waals surface area contributed by atoms with Gasteiger partial charge in [0.1, 0.15) is 5.82 Å². The van der Waals surface area contributed by atoms with E-state index in [0.717, 1.165) is 0 Å². The van der Waals surface area contributed by atoms with E-state index in [0.29, 0.717) is 27.7 Å². The van der Waals surface area contributed by atoms with Gasteiger partial charge in [-0.3, -0.25) is 4.79 Å². The van der Waals surface area contributed by atoms with Crippen LogP contribution in [0.15, 0.2) is 72.0 Å². The fraction of sp³-hybridized carbons (Fsp3) is 0.136. The molecule has 2 aromatic carbocycles. The van der Waals surface area contributed by atoms with Gasteiger partial charge in [-0.05, 0) is 48.0 Å². The molecule has 2 heterocycles. The summed E-state index contributed by atoms with van der Waals surface area (Å²) < 4.78 is 41.1. The fourth-order valence-electron chi connectivity index (χ4n) is 3.24. The van der Waals surface area contributed by atoms with E-state index in [1.54, 1.807) is 41.2 Å². The number of aromatic nitrogens is 3. The van der Waals surface area contributed by atoms with Crippen LogP contribution in [-0.2, 0) is 16.6 Å². The summed E-state index contributed by atoms with van der Waals surface area (Å²) in [4.78, 5) is 16.7. The molecule has 3 N–H and O–H groups in total. The van der Waals surface area contributed by atoms with Gasteiger partial charge in [0.15, 0.2) is 5.03 Å². The van der Waals surface area contributed by atoms with Gasteiger partial charge < -0.3 is 10.4 Å². The van der Waals surface area contributed by atoms with Crippen LogP contribution < -0.4 is 10.0 Å². The van der Waals surface area contributed by atoms with E-state index in [9.17, 15) is 17.6 Å². The molecule has 11 heteroatoms. The molecule has 170 valence electrons. The molecule has 0 saturated carbocycles. The van der Waals surface area contributed by atoms with Crippen molar-refractivity contribution in [2.75, 3.05) is 13.2 Å². The van der Waals surface area contributed by atoms with Gasteiger partial charge in [-0.25, -0.2) is 27.2 Å². The fourth-order valence-corrected chi connectivity index (χ4v) is 4.19. The zero-order valence-corrected chi connectivity index (χ0v) is 18.1. The van der Waals surface area contributed by atoms with Crippen molar-refractivity contribution in [2.24, 2.45) is 0 Å². The van der Waals surface area contributed by atoms with Crippen LogP contribution in [0, 0.1) is 5.82 Å². The third-order valence-electron chi connectivity index (χ3n) is 4.86. The van der Waals surface area contributed by atoms with Gasteiger partial charge in [0.05, 0.1) is 29.6 Å². The third kappa shape index (κ3) is 4.90. The monoisotopic (exact) mass is 469 g/mol. The Morgan fingerprint density at radius 2 is 1.85 bits per heavy atom. The van der Waals surface area contributed by atoms with Crippen molar-refractivity contribution in [2.45, 2.75) is 11.6 Å². The maximum Gasteiger partial charge on any atom is 0.258 e. The smallest absolute Gasteiger partial charge is 0.258 e. The molecule has 4 rings (SSSR count). The van der Waals surface area contributed by atoms with Crippen molar-refractivity contribution in [3.05, 3.63) is 83.9 Å². The highest BCUT2D eigenvalue weighted by atomic mass is 32.2. The van der Waals surface area contributed by atoms with Gasteiger partial charge in [0.2, 0.25) is 0 Å². The molecular weight excluding hydrogens is 449 g/mol. The van der Waals surface area contributed by atoms with Crippen molar-refractivity contribution in [3.8, 4) is 5.69 Å². The second-order valence-electron chi connectivity index (χ2n) is 7.08. The Kier molecular flexibility index (Phi) is 6.45. The van der Waals surface area contributed by atoms with E-state index in [2.05, 4.69) is 20.1 Å². The number of carbonyl (C=O) groups excluding carboxylic acids is 1. The molecule has 0 aliphatic heterocycles. The lowest BCUT2D eigenvalue weighted by molar-refractivity contribution is 0.0952. The number of hydrogen-bond acceptors (Lipinski definition) is 6. The lowest BCUT2D eigenvalue weighted by Crippen LogP contribution is -2.27. The highest BCUT2D eigenvalue weighted by molar-refractivity contribution is 7.89. The molecule has 0 saturated heterocycles. The highest BCUT2D eigenvalue weighted by Gasteiger charge is 2.16. The van der Waals surface area contributed by atoms with Crippen LogP contribution in [0.3, 0.4) is 0 Å². The van der Waals surface area contributed by atoms with Crippen LogP contribution in [0.4, 0.5) is 4.39 Å². The molecule has 33 heavy (non-hydrogen) atoms. The second-order valence-corrected chi connectivity index (χ2v) is 8.79. The summed E-state index contributed by atoms with van der Waals surface area (Å²) in [6, 6.07) is 14.0. The van der Waals surface area contributed by atoms with E-state index in [1.165, 1.54) is 24.4 Å². The van der Waals surface area contributed by atoms with Crippen molar-refractivity contribution < 1.29 is 22.7 Å². The van der Waals surface area contributed by atoms with Crippen LogP contribution in [-0.4, -0.2) is 47.3 Å². The van der Waals surface area contributed by atoms with E-state index in [4.69, 9.17) is 5.11 Å². The lowest BCUT2D eigenvalue weighted by Gasteiger charge is -2.08. The number of benzene rings is 2. The van der Waals surface area contributed by atoms with E-state index in [1.807, 2.05) is 6.07 Å². The number of carbonyl (C=O) groups is 1. The number of nitrogens with one attached hydrogen (secondary N) is 2. The number of pyridine rings is 1. The van der Waals surface area contributed by atoms with Crippen LogP contribution in [0.25, 0.3) is 16.6 Å². The van der Waals surface area contributed by atoms with Crippen LogP contribution in [0.5, 0.6) is 0 Å². The number of aliphatic hydroxyl groups is 1. The van der Waals surface area contributed by atoms with Gasteiger partial charge in [0, 0.05) is 24.7 Å². The zero-order valence-electron chi connectivity index (χ0n) is 17.3. The lowest BCUT2D eigenvalue weighted by atomic mass is 10.1. The summed E-state index contributed by atoms with van der Waals surface area (Å²) >= 11 is 0. The maximum absolute atomic E-state index is 13.2. The third-order valence-corrected chi connectivity index (χ3v) is 6.24. The normalized spacial score (nSPS) is 11.6. The molecule has 0 bridgehead atoms. The molecule has 0 fully saturated rings. The first kappa shape index (κ1) is 22.5. The topological polar surface area (TPSA) is 126 Å². The van der Waals surface area contributed by atoms with E-state index >= 15 is 0 Å². The van der Waals surface area contributed by atoms with Crippen molar-refractivity contribution >= 4 is 26.8 Å². The molecule has 0 atom stereocenters. The SMILES string of the molecule is O=C(NCc1ccc(S(=O)(=O)NCCO)nc1)c1cccc2c1cnn2-c1ccc(F)cc1. The van der Waals surface area contributed by atoms with Crippen molar-refractivity contribution in [1.82, 2.24) is 24.8 Å². The quantitative estimate of drug-likeness (QED) is 0.361. The van der Waals surface area contributed by atoms with Crippen LogP contribution >= 0.6 is 0 Å². The maximum atomic E-state index is 13.2. The molecule has 1 amide bonds. The summed E-state index contributed by atoms with van der Waals surface area (Å²) in [6.07, 6.45) is 2.94. The molecule has 4 aromatic rings. The molecule has 0 spiro atoms. The molecule has 0 radical (unpaired) electrons. The first-order valence-corrected chi connectivity index (χ1v) is 11.4. The standard InChI is InChI=1S/C22H20FN5O4S/c23-16-5-7-17(8-6-16)28-20-3-1-2-18(19(20)14-26-28)22(30)25-13-15-4-9-21(24-12-15)33(31,32)27-10-11-29/h1-9,12,14,27,29H,10-11,13H2,(H,25,30). The zero-order chi connectivity index (χ0) is 23.4. The molecule has 0 aliphatic rings. The summed E-state index contributed by atoms with van der Waals surface area (Å²) in [5.74, 6) is -0.683. The number of rotatable bonds is 8. The predicted molar refractivity (Wildman–Crippen MR) is 119 cm³/mol. The van der Waals surface area contributed by atoms with Crippen molar-refractivity contribution in [1.29, 1.82) is 0 Å². The Balaban J connectivity index is 1.49. The van der Waals surface area contributed by atoms with Crippen molar-refractivity contribution in [3.63, 3.8) is 0 Å². The van der Waals surface area contributed by atoms with E-state index < -0.39 is 10.0 Å². The Bertz CT molecular complexity index is 1390. The molecule has 0 unspecified atom stereocenters. The molecule has 0 aliphatic carbocycles. The predicted octanol–water partition coefficient (Wildman–Crippen LogP) is 1.76. The number of aliphatic hydroxyl groups excluding tert-OH is 1. The number of nitrogens with zero attached hydrogens (tertiary/aromatic N) is 3. The average Bonchev–Trinajstić information content (AvgIpc) is 3.26. The Morgan fingerprint density at radius 1 is 1.06 bits per heavy atom. The molecular formula is C22H20FN5O4S. The minimum Gasteiger partial charge on any atom is -0.395 e. The number of fused-ring (bicyclic) bond motifs is 1. The minimum atomic E-state index is -3.80. The summed E-state index contributed by atoms with van der Waals surface area (Å²) in [7, 11) is -3.80. The van der Waals surface area contributed by atoms with Gasteiger partial charge in [-0.1, -0.05) is 12.1 Å². The van der Waals surface area contributed by atoms with E-state index in [-0.39, 0.29) is 36.4 Å². The Labute approximate surface area is 188 Å². The number of amides is 1.